The normalized spacial score (nSPS) is 11.9. The van der Waals surface area contributed by atoms with Gasteiger partial charge in [-0.25, -0.2) is 0 Å². The molecule has 0 spiro atoms. The maximum Gasteiger partial charge on any atom is 0.333 e. The van der Waals surface area contributed by atoms with Crippen molar-refractivity contribution >= 4 is 43.1 Å². The molecule has 5 aromatic rings. The summed E-state index contributed by atoms with van der Waals surface area (Å²) in [7, 11) is -4.89. The van der Waals surface area contributed by atoms with E-state index in [2.05, 4.69) is 15.9 Å². The van der Waals surface area contributed by atoms with Crippen LogP contribution in [0.3, 0.4) is 0 Å². The van der Waals surface area contributed by atoms with E-state index in [4.69, 9.17) is 6.42 Å². The number of halogens is 1. The standard InChI is InChI=1S/C25H18FN3O3S/c1-4-15-6-7-18-21(9-15)28-25-23(18)24(30)20-8-14(3)19(11-22(20)29(25)5-2)16-10-17(13-27-12-16)33(26,31)32/h1,6-13,28H,5H2,2-3H3. The molecule has 6 nitrogen and oxygen atoms in total. The number of fused-ring (bicyclic) bond motifs is 4. The summed E-state index contributed by atoms with van der Waals surface area (Å²) in [6, 6.07) is 10.3. The van der Waals surface area contributed by atoms with Gasteiger partial charge in [0.25, 0.3) is 0 Å². The third kappa shape index (κ3) is 3.20. The summed E-state index contributed by atoms with van der Waals surface area (Å²) in [6.45, 7) is 4.36. The van der Waals surface area contributed by atoms with Crippen LogP contribution in [0.2, 0.25) is 0 Å². The fourth-order valence-corrected chi connectivity index (χ4v) is 4.86. The zero-order valence-electron chi connectivity index (χ0n) is 17.8. The molecule has 0 unspecified atom stereocenters. The number of hydrogen-bond acceptors (Lipinski definition) is 4. The van der Waals surface area contributed by atoms with Crippen LogP contribution in [0, 0.1) is 19.3 Å². The molecule has 5 rings (SSSR count). The molecule has 0 saturated carbocycles. The van der Waals surface area contributed by atoms with Gasteiger partial charge in [-0.05, 0) is 55.3 Å². The largest absolute Gasteiger partial charge is 0.340 e. The van der Waals surface area contributed by atoms with E-state index in [1.54, 1.807) is 6.07 Å². The van der Waals surface area contributed by atoms with E-state index in [1.807, 2.05) is 42.7 Å². The number of H-pyrrole nitrogens is 1. The molecule has 0 fully saturated rings. The minimum absolute atomic E-state index is 0.114. The molecule has 0 saturated heterocycles. The number of aromatic amines is 1. The van der Waals surface area contributed by atoms with Crippen LogP contribution in [0.1, 0.15) is 18.1 Å². The van der Waals surface area contributed by atoms with E-state index < -0.39 is 15.1 Å². The van der Waals surface area contributed by atoms with Crippen molar-refractivity contribution in [3.05, 3.63) is 70.1 Å². The predicted octanol–water partition coefficient (Wildman–Crippen LogP) is 4.67. The van der Waals surface area contributed by atoms with Crippen LogP contribution in [0.15, 0.2) is 58.5 Å². The van der Waals surface area contributed by atoms with Crippen LogP contribution in [-0.4, -0.2) is 23.0 Å². The zero-order chi connectivity index (χ0) is 23.5. The first kappa shape index (κ1) is 20.9. The lowest BCUT2D eigenvalue weighted by atomic mass is 9.98. The van der Waals surface area contributed by atoms with Gasteiger partial charge in [0.1, 0.15) is 10.5 Å². The molecular weight excluding hydrogens is 441 g/mol. The molecular formula is C25H18FN3O3S. The lowest BCUT2D eigenvalue weighted by molar-refractivity contribution is 0.551. The second kappa shape index (κ2) is 7.29. The zero-order valence-corrected chi connectivity index (χ0v) is 18.6. The van der Waals surface area contributed by atoms with Crippen LogP contribution in [0.4, 0.5) is 3.89 Å². The van der Waals surface area contributed by atoms with E-state index in [9.17, 15) is 17.1 Å². The summed E-state index contributed by atoms with van der Waals surface area (Å²) >= 11 is 0. The molecule has 0 aliphatic rings. The molecule has 0 bridgehead atoms. The van der Waals surface area contributed by atoms with Crippen LogP contribution in [0.25, 0.3) is 44.0 Å². The number of pyridine rings is 2. The number of rotatable bonds is 3. The first-order chi connectivity index (χ1) is 15.7. The Balaban J connectivity index is 1.88. The number of terminal acetylenes is 1. The van der Waals surface area contributed by atoms with Crippen LogP contribution < -0.4 is 5.43 Å². The van der Waals surface area contributed by atoms with Crippen molar-refractivity contribution in [2.45, 2.75) is 25.3 Å². The molecule has 1 N–H and O–H groups in total. The third-order valence-electron chi connectivity index (χ3n) is 5.94. The molecule has 164 valence electrons. The van der Waals surface area contributed by atoms with E-state index in [0.717, 1.165) is 22.7 Å². The highest BCUT2D eigenvalue weighted by atomic mass is 32.3. The van der Waals surface area contributed by atoms with Crippen molar-refractivity contribution in [2.24, 2.45) is 0 Å². The minimum Gasteiger partial charge on any atom is -0.340 e. The fourth-order valence-electron chi connectivity index (χ4n) is 4.40. The maximum absolute atomic E-state index is 13.6. The van der Waals surface area contributed by atoms with Gasteiger partial charge in [0.15, 0.2) is 5.43 Å². The van der Waals surface area contributed by atoms with Gasteiger partial charge in [-0.15, -0.1) is 10.3 Å². The third-order valence-corrected chi connectivity index (χ3v) is 6.73. The van der Waals surface area contributed by atoms with Gasteiger partial charge in [0.2, 0.25) is 0 Å². The Morgan fingerprint density at radius 3 is 2.64 bits per heavy atom. The summed E-state index contributed by atoms with van der Waals surface area (Å²) in [5.74, 6) is 2.61. The van der Waals surface area contributed by atoms with Crippen LogP contribution in [0.5, 0.6) is 0 Å². The van der Waals surface area contributed by atoms with Gasteiger partial charge in [-0.3, -0.25) is 9.78 Å². The molecule has 0 radical (unpaired) electrons. The first-order valence-electron chi connectivity index (χ1n) is 10.2. The predicted molar refractivity (Wildman–Crippen MR) is 127 cm³/mol. The second-order valence-electron chi connectivity index (χ2n) is 7.86. The summed E-state index contributed by atoms with van der Waals surface area (Å²) in [6.07, 6.45) is 7.97. The molecule has 8 heteroatoms. The average Bonchev–Trinajstić information content (AvgIpc) is 3.17. The number of hydrogen-bond donors (Lipinski definition) is 1. The molecule has 3 heterocycles. The summed E-state index contributed by atoms with van der Waals surface area (Å²) < 4.78 is 38.3. The highest BCUT2D eigenvalue weighted by Gasteiger charge is 2.19. The van der Waals surface area contributed by atoms with Crippen molar-refractivity contribution in [3.8, 4) is 23.5 Å². The lowest BCUT2D eigenvalue weighted by Crippen LogP contribution is -2.11. The molecule has 3 aromatic heterocycles. The van der Waals surface area contributed by atoms with Gasteiger partial charge < -0.3 is 9.55 Å². The topological polar surface area (TPSA) is 84.8 Å². The molecule has 0 aliphatic heterocycles. The van der Waals surface area contributed by atoms with E-state index in [1.165, 1.54) is 12.3 Å². The molecule has 0 aliphatic carbocycles. The smallest absolute Gasteiger partial charge is 0.333 e. The Labute approximate surface area is 188 Å². The second-order valence-corrected chi connectivity index (χ2v) is 9.21. The summed E-state index contributed by atoms with van der Waals surface area (Å²) in [5, 5.41) is 1.92. The lowest BCUT2D eigenvalue weighted by Gasteiger charge is -2.14. The number of nitrogens with one attached hydrogen (secondary N) is 1. The summed E-state index contributed by atoms with van der Waals surface area (Å²) in [4.78, 5) is 20.3. The van der Waals surface area contributed by atoms with Gasteiger partial charge >= 0.3 is 10.2 Å². The highest BCUT2D eigenvalue weighted by molar-refractivity contribution is 7.86. The van der Waals surface area contributed by atoms with Gasteiger partial charge in [0, 0.05) is 46.4 Å². The van der Waals surface area contributed by atoms with Gasteiger partial charge in [-0.2, -0.15) is 8.42 Å². The first-order valence-corrected chi connectivity index (χ1v) is 11.6. The van der Waals surface area contributed by atoms with Crippen molar-refractivity contribution < 1.29 is 12.3 Å². The summed E-state index contributed by atoms with van der Waals surface area (Å²) in [5.41, 5.74) is 4.56. The monoisotopic (exact) mass is 459 g/mol. The SMILES string of the molecule is C#Cc1ccc2c(c1)[nH]c1c2c(=O)c2cc(C)c(-c3cncc(S(=O)(=O)F)c3)cc2n1CC. The quantitative estimate of drug-likeness (QED) is 0.314. The maximum atomic E-state index is 13.6. The molecule has 0 amide bonds. The Morgan fingerprint density at radius 2 is 1.94 bits per heavy atom. The average molecular weight is 460 g/mol. The number of aryl methyl sites for hydroxylation is 2. The molecule has 33 heavy (non-hydrogen) atoms. The molecule has 0 atom stereocenters. The van der Waals surface area contributed by atoms with Gasteiger partial charge in [0.05, 0.1) is 10.9 Å². The number of benzene rings is 2. The Kier molecular flexibility index (Phi) is 4.62. The van der Waals surface area contributed by atoms with Crippen molar-refractivity contribution in [3.63, 3.8) is 0 Å². The Bertz CT molecular complexity index is 1830. The van der Waals surface area contributed by atoms with Crippen molar-refractivity contribution in [1.82, 2.24) is 14.5 Å². The fraction of sp³-hybridized carbons (Fsp3) is 0.120. The van der Waals surface area contributed by atoms with Crippen LogP contribution in [-0.2, 0) is 16.8 Å². The van der Waals surface area contributed by atoms with Gasteiger partial charge in [-0.1, -0.05) is 12.0 Å². The van der Waals surface area contributed by atoms with Crippen LogP contribution >= 0.6 is 0 Å². The Hall–Kier alpha value is -3.96. The number of aromatic nitrogens is 3. The minimum atomic E-state index is -4.89. The van der Waals surface area contributed by atoms with E-state index in [0.29, 0.717) is 45.2 Å². The highest BCUT2D eigenvalue weighted by Crippen LogP contribution is 2.32. The van der Waals surface area contributed by atoms with E-state index in [-0.39, 0.29) is 5.43 Å². The molecule has 2 aromatic carbocycles. The van der Waals surface area contributed by atoms with E-state index >= 15 is 0 Å². The number of nitrogens with zero attached hydrogens (tertiary/aromatic N) is 2. The van der Waals surface area contributed by atoms with Crippen molar-refractivity contribution in [1.29, 1.82) is 0 Å². The Morgan fingerprint density at radius 1 is 1.15 bits per heavy atom. The van der Waals surface area contributed by atoms with Crippen molar-refractivity contribution in [2.75, 3.05) is 0 Å².